The molecule has 3 nitrogen and oxygen atoms in total. The Morgan fingerprint density at radius 2 is 1.93 bits per heavy atom. The van der Waals surface area contributed by atoms with Crippen molar-refractivity contribution in [1.29, 1.82) is 0 Å². The van der Waals surface area contributed by atoms with E-state index < -0.39 is 10.0 Å². The van der Waals surface area contributed by atoms with Crippen molar-refractivity contribution in [3.8, 4) is 0 Å². The van der Waals surface area contributed by atoms with Gasteiger partial charge in [-0.1, -0.05) is 27.7 Å². The van der Waals surface area contributed by atoms with Crippen molar-refractivity contribution in [2.24, 2.45) is 11.3 Å². The van der Waals surface area contributed by atoms with Crippen LogP contribution < -0.4 is 4.72 Å². The maximum absolute atomic E-state index is 11.6. The average molecular weight is 256 g/mol. The molecule has 0 aliphatic rings. The minimum Gasteiger partial charge on any atom is -0.215 e. The first-order chi connectivity index (χ1) is 6.72. The molecule has 0 heterocycles. The van der Waals surface area contributed by atoms with Crippen LogP contribution in [0.1, 0.15) is 34.1 Å². The van der Waals surface area contributed by atoms with Gasteiger partial charge < -0.3 is 0 Å². The second-order valence-corrected chi connectivity index (χ2v) is 7.04. The Morgan fingerprint density at radius 3 is 2.33 bits per heavy atom. The highest BCUT2D eigenvalue weighted by molar-refractivity contribution is 7.89. The van der Waals surface area contributed by atoms with E-state index >= 15 is 0 Å². The fraction of sp³-hybridized carbons (Fsp3) is 1.00. The number of hydrogen-bond acceptors (Lipinski definition) is 2. The first-order valence-corrected chi connectivity index (χ1v) is 7.44. The molecule has 0 fully saturated rings. The quantitative estimate of drug-likeness (QED) is 0.709. The summed E-state index contributed by atoms with van der Waals surface area (Å²) in [6.07, 6.45) is 0.945. The average Bonchev–Trinajstić information content (AvgIpc) is 2.14. The topological polar surface area (TPSA) is 46.2 Å². The summed E-state index contributed by atoms with van der Waals surface area (Å²) in [6.45, 7) is 8.45. The van der Waals surface area contributed by atoms with E-state index in [0.717, 1.165) is 6.42 Å². The summed E-state index contributed by atoms with van der Waals surface area (Å²) < 4.78 is 25.8. The largest absolute Gasteiger partial charge is 0.215 e. The molecule has 0 aliphatic carbocycles. The first kappa shape index (κ1) is 15.2. The summed E-state index contributed by atoms with van der Waals surface area (Å²) in [7, 11) is -3.17. The number of alkyl halides is 1. The van der Waals surface area contributed by atoms with Crippen molar-refractivity contribution in [3.05, 3.63) is 0 Å². The molecular weight excluding hydrogens is 234 g/mol. The highest BCUT2D eigenvalue weighted by Gasteiger charge is 2.20. The zero-order valence-corrected chi connectivity index (χ0v) is 11.6. The van der Waals surface area contributed by atoms with Gasteiger partial charge in [-0.2, -0.15) is 0 Å². The van der Waals surface area contributed by atoms with E-state index in [0.29, 0.717) is 12.4 Å². The van der Waals surface area contributed by atoms with E-state index in [4.69, 9.17) is 11.6 Å². The molecule has 0 saturated carbocycles. The Labute approximate surface area is 98.6 Å². The maximum Gasteiger partial charge on any atom is 0.211 e. The molecular formula is C10H22ClNO2S. The number of nitrogens with one attached hydrogen (secondary N) is 1. The highest BCUT2D eigenvalue weighted by Crippen LogP contribution is 2.18. The van der Waals surface area contributed by atoms with Gasteiger partial charge in [-0.3, -0.25) is 0 Å². The molecule has 0 spiro atoms. The van der Waals surface area contributed by atoms with Crippen LogP contribution in [0.5, 0.6) is 0 Å². The van der Waals surface area contributed by atoms with Gasteiger partial charge in [0.2, 0.25) is 10.0 Å². The van der Waals surface area contributed by atoms with Crippen LogP contribution in [-0.4, -0.2) is 26.6 Å². The maximum atomic E-state index is 11.6. The molecule has 0 aromatic rings. The normalized spacial score (nSPS) is 15.3. The molecule has 92 valence electrons. The lowest BCUT2D eigenvalue weighted by Crippen LogP contribution is -2.36. The van der Waals surface area contributed by atoms with Gasteiger partial charge in [-0.25, -0.2) is 13.1 Å². The lowest BCUT2D eigenvalue weighted by Gasteiger charge is -2.23. The Balaban J connectivity index is 4.17. The Hall–Kier alpha value is 0.200. The third kappa shape index (κ3) is 7.14. The van der Waals surface area contributed by atoms with Crippen LogP contribution in [0.4, 0.5) is 0 Å². The molecule has 5 heteroatoms. The summed E-state index contributed by atoms with van der Waals surface area (Å²) in [6, 6.07) is 0. The Kier molecular flexibility index (Phi) is 6.14. The zero-order chi connectivity index (χ0) is 12.1. The smallest absolute Gasteiger partial charge is 0.211 e. The van der Waals surface area contributed by atoms with Gasteiger partial charge in [-0.15, -0.1) is 11.6 Å². The minimum absolute atomic E-state index is 0.00564. The van der Waals surface area contributed by atoms with E-state index in [1.54, 1.807) is 0 Å². The van der Waals surface area contributed by atoms with Crippen LogP contribution >= 0.6 is 11.6 Å². The van der Waals surface area contributed by atoms with E-state index in [2.05, 4.69) is 11.6 Å². The molecule has 1 atom stereocenters. The fourth-order valence-electron chi connectivity index (χ4n) is 0.908. The van der Waals surface area contributed by atoms with Gasteiger partial charge >= 0.3 is 0 Å². The molecule has 1 unspecified atom stereocenters. The lowest BCUT2D eigenvalue weighted by molar-refractivity contribution is 0.350. The highest BCUT2D eigenvalue weighted by atomic mass is 35.5. The van der Waals surface area contributed by atoms with E-state index in [1.807, 2.05) is 20.8 Å². The van der Waals surface area contributed by atoms with Gasteiger partial charge in [0.1, 0.15) is 0 Å². The SMILES string of the molecule is CCC(C)(C)CNS(=O)(=O)CC(C)CCl. The van der Waals surface area contributed by atoms with Crippen LogP contribution in [0, 0.1) is 11.3 Å². The first-order valence-electron chi connectivity index (χ1n) is 5.26. The summed E-state index contributed by atoms with van der Waals surface area (Å²) >= 11 is 5.58. The van der Waals surface area contributed by atoms with Crippen LogP contribution in [0.3, 0.4) is 0 Å². The van der Waals surface area contributed by atoms with E-state index in [9.17, 15) is 8.42 Å². The lowest BCUT2D eigenvalue weighted by atomic mass is 9.91. The predicted molar refractivity (Wildman–Crippen MR) is 65.7 cm³/mol. The molecule has 1 N–H and O–H groups in total. The van der Waals surface area contributed by atoms with Crippen molar-refractivity contribution in [2.75, 3.05) is 18.2 Å². The summed E-state index contributed by atoms with van der Waals surface area (Å²) in [5.41, 5.74) is 0.0112. The fourth-order valence-corrected chi connectivity index (χ4v) is 2.74. The van der Waals surface area contributed by atoms with Crippen LogP contribution in [0.2, 0.25) is 0 Å². The van der Waals surface area contributed by atoms with Crippen molar-refractivity contribution in [2.45, 2.75) is 34.1 Å². The monoisotopic (exact) mass is 255 g/mol. The number of sulfonamides is 1. The van der Waals surface area contributed by atoms with E-state index in [-0.39, 0.29) is 17.1 Å². The van der Waals surface area contributed by atoms with Crippen molar-refractivity contribution in [3.63, 3.8) is 0 Å². The van der Waals surface area contributed by atoms with Crippen LogP contribution in [0.15, 0.2) is 0 Å². The molecule has 0 aliphatic heterocycles. The zero-order valence-electron chi connectivity index (χ0n) is 10.0. The van der Waals surface area contributed by atoms with Crippen molar-refractivity contribution < 1.29 is 8.42 Å². The number of halogens is 1. The van der Waals surface area contributed by atoms with Crippen LogP contribution in [0.25, 0.3) is 0 Å². The predicted octanol–water partition coefficient (Wildman–Crippen LogP) is 2.22. The van der Waals surface area contributed by atoms with Gasteiger partial charge in [0.25, 0.3) is 0 Å². The van der Waals surface area contributed by atoms with Crippen LogP contribution in [-0.2, 0) is 10.0 Å². The Morgan fingerprint density at radius 1 is 1.40 bits per heavy atom. The second-order valence-electron chi connectivity index (χ2n) is 4.88. The summed E-state index contributed by atoms with van der Waals surface area (Å²) in [5.74, 6) is 0.475. The Bertz CT molecular complexity index is 275. The molecule has 0 bridgehead atoms. The van der Waals surface area contributed by atoms with Gasteiger partial charge in [-0.05, 0) is 17.8 Å². The standard InChI is InChI=1S/C10H22ClNO2S/c1-5-10(3,4)8-12-15(13,14)7-9(2)6-11/h9,12H,5-8H2,1-4H3. The number of rotatable bonds is 7. The van der Waals surface area contributed by atoms with E-state index in [1.165, 1.54) is 0 Å². The molecule has 0 radical (unpaired) electrons. The van der Waals surface area contributed by atoms with Gasteiger partial charge in [0.15, 0.2) is 0 Å². The van der Waals surface area contributed by atoms with Crippen molar-refractivity contribution in [1.82, 2.24) is 4.72 Å². The third-order valence-electron chi connectivity index (χ3n) is 2.50. The van der Waals surface area contributed by atoms with Gasteiger partial charge in [0.05, 0.1) is 5.75 Å². The molecule has 0 aromatic heterocycles. The molecule has 15 heavy (non-hydrogen) atoms. The molecule has 0 rings (SSSR count). The second kappa shape index (κ2) is 6.06. The molecule has 0 amide bonds. The minimum atomic E-state index is -3.17. The molecule has 0 aromatic carbocycles. The third-order valence-corrected chi connectivity index (χ3v) is 4.61. The number of hydrogen-bond donors (Lipinski definition) is 1. The summed E-state index contributed by atoms with van der Waals surface area (Å²) in [5, 5.41) is 0. The van der Waals surface area contributed by atoms with Crippen molar-refractivity contribution >= 4 is 21.6 Å². The molecule has 0 saturated heterocycles. The summed E-state index contributed by atoms with van der Waals surface area (Å²) in [4.78, 5) is 0. The van der Waals surface area contributed by atoms with Gasteiger partial charge in [0, 0.05) is 12.4 Å².